The van der Waals surface area contributed by atoms with Crippen LogP contribution in [0.3, 0.4) is 0 Å². The number of hydrogen-bond acceptors (Lipinski definition) is 1. The van der Waals surface area contributed by atoms with Gasteiger partial charge in [-0.1, -0.05) is 6.92 Å². The molecule has 0 saturated carbocycles. The minimum atomic E-state index is 0. The topological polar surface area (TPSA) is 17.1 Å². The molecule has 1 atom stereocenters. The first-order valence-electron chi connectivity index (χ1n) is 1.98. The van der Waals surface area contributed by atoms with E-state index < -0.39 is 0 Å². The molecule has 0 aliphatic heterocycles. The Balaban J connectivity index is 0. The van der Waals surface area contributed by atoms with Crippen molar-refractivity contribution in [1.82, 2.24) is 0 Å². The van der Waals surface area contributed by atoms with Crippen LogP contribution in [0.2, 0.25) is 0 Å². The van der Waals surface area contributed by atoms with Crippen LogP contribution in [0.25, 0.3) is 0 Å². The van der Waals surface area contributed by atoms with Crippen molar-refractivity contribution in [2.75, 3.05) is 0 Å². The van der Waals surface area contributed by atoms with Crippen LogP contribution in [0.4, 0.5) is 0 Å². The summed E-state index contributed by atoms with van der Waals surface area (Å²) in [4.78, 5) is 9.57. The average molecular weight is 173 g/mol. The number of hydrogen-bond donors (Lipinski definition) is 0. The predicted molar refractivity (Wildman–Crippen MR) is 24.8 cm³/mol. The van der Waals surface area contributed by atoms with Crippen molar-refractivity contribution >= 4 is 6.29 Å². The van der Waals surface area contributed by atoms with Crippen LogP contribution in [0, 0.1) is 12.8 Å². The molecule has 1 nitrogen and oxygen atoms in total. The fourth-order valence-corrected chi connectivity index (χ4v) is 0.0589. The molecule has 2 heteroatoms. The molecule has 0 N–H and O–H groups in total. The zero-order valence-electron chi connectivity index (χ0n) is 4.48. The molecule has 0 bridgehead atoms. The Morgan fingerprint density at radius 1 is 1.86 bits per heavy atom. The molecule has 0 rings (SSSR count). The van der Waals surface area contributed by atoms with Gasteiger partial charge >= 0.3 is 0 Å². The first-order chi connectivity index (χ1) is 2.81. The van der Waals surface area contributed by atoms with E-state index in [-0.39, 0.29) is 38.6 Å². The van der Waals surface area contributed by atoms with Gasteiger partial charge in [-0.05, 0) is 0 Å². The zero-order chi connectivity index (χ0) is 4.99. The summed E-state index contributed by atoms with van der Waals surface area (Å²) < 4.78 is 0. The van der Waals surface area contributed by atoms with Gasteiger partial charge in [0.15, 0.2) is 0 Å². The second-order valence-corrected chi connectivity index (χ2v) is 1.31. The van der Waals surface area contributed by atoms with E-state index in [1.807, 2.05) is 0 Å². The summed E-state index contributed by atoms with van der Waals surface area (Å²) in [5, 5.41) is 0. The van der Waals surface area contributed by atoms with Crippen LogP contribution in [0.15, 0.2) is 0 Å². The summed E-state index contributed by atoms with van der Waals surface area (Å²) in [6, 6.07) is 0. The molecule has 0 aliphatic rings. The van der Waals surface area contributed by atoms with Gasteiger partial charge in [-0.25, -0.2) is 6.42 Å². The molecule has 0 spiro atoms. The molecule has 0 fully saturated rings. The zero-order valence-corrected chi connectivity index (χ0v) is 7.32. The monoisotopic (exact) mass is 173 g/mol. The van der Waals surface area contributed by atoms with E-state index in [4.69, 9.17) is 0 Å². The Hall–Kier alpha value is 0.774. The second-order valence-electron chi connectivity index (χ2n) is 1.31. The standard InChI is InChI=1S/C5H8O.Y/c1-3-5(2)4-6;/h5H,1,3H2,2H3;/q-2;. The maximum absolute atomic E-state index is 9.57. The molecular formula is C5H8OY-2. The maximum atomic E-state index is 9.57. The van der Waals surface area contributed by atoms with Crippen molar-refractivity contribution in [1.29, 1.82) is 0 Å². The number of rotatable bonds is 2. The van der Waals surface area contributed by atoms with Crippen LogP contribution >= 0.6 is 0 Å². The first kappa shape index (κ1) is 10.7. The van der Waals surface area contributed by atoms with E-state index in [1.54, 1.807) is 13.2 Å². The van der Waals surface area contributed by atoms with Gasteiger partial charge in [0.05, 0.1) is 0 Å². The van der Waals surface area contributed by atoms with Gasteiger partial charge < -0.3 is 11.7 Å². The van der Waals surface area contributed by atoms with Crippen molar-refractivity contribution in [3.63, 3.8) is 0 Å². The molecule has 0 saturated heterocycles. The van der Waals surface area contributed by atoms with Crippen LogP contribution in [0.5, 0.6) is 0 Å². The van der Waals surface area contributed by atoms with E-state index in [2.05, 4.69) is 6.92 Å². The smallest absolute Gasteiger partial charge is 0 e. The molecule has 7 heavy (non-hydrogen) atoms. The van der Waals surface area contributed by atoms with E-state index in [9.17, 15) is 4.79 Å². The fourth-order valence-electron chi connectivity index (χ4n) is 0.0589. The van der Waals surface area contributed by atoms with Crippen molar-refractivity contribution in [2.45, 2.75) is 13.3 Å². The minimum absolute atomic E-state index is 0. The Kier molecular flexibility index (Phi) is 10.4. The summed E-state index contributed by atoms with van der Waals surface area (Å²) in [6.45, 7) is 5.29. The van der Waals surface area contributed by atoms with Crippen molar-refractivity contribution in [3.05, 3.63) is 6.92 Å². The van der Waals surface area contributed by atoms with E-state index >= 15 is 0 Å². The number of carbonyl (C=O) groups excluding carboxylic acids is 1. The van der Waals surface area contributed by atoms with Crippen LogP contribution in [0.1, 0.15) is 13.3 Å². The summed E-state index contributed by atoms with van der Waals surface area (Å²) in [5.74, 6) is 0.0185. The quantitative estimate of drug-likeness (QED) is 0.568. The molecule has 0 aromatic rings. The normalized spacial score (nSPS) is 11.7. The molecule has 1 unspecified atom stereocenters. The van der Waals surface area contributed by atoms with Gasteiger partial charge in [0.2, 0.25) is 0 Å². The molecule has 0 heterocycles. The summed E-state index contributed by atoms with van der Waals surface area (Å²) in [7, 11) is 0. The largest absolute Gasteiger partial charge is 0.542 e. The van der Waals surface area contributed by atoms with Gasteiger partial charge in [-0.2, -0.15) is 5.92 Å². The van der Waals surface area contributed by atoms with E-state index in [0.717, 1.165) is 0 Å². The fraction of sp³-hybridized carbons (Fsp3) is 0.600. The first-order valence-corrected chi connectivity index (χ1v) is 1.98. The summed E-state index contributed by atoms with van der Waals surface area (Å²) >= 11 is 0. The van der Waals surface area contributed by atoms with Crippen LogP contribution in [-0.2, 0) is 37.5 Å². The molecule has 0 aliphatic carbocycles. The molecule has 0 aromatic heterocycles. The van der Waals surface area contributed by atoms with Gasteiger partial charge in [-0.15, -0.1) is 0 Å². The van der Waals surface area contributed by atoms with Crippen LogP contribution in [-0.4, -0.2) is 6.29 Å². The third-order valence-corrected chi connectivity index (χ3v) is 0.634. The van der Waals surface area contributed by atoms with E-state index in [0.29, 0.717) is 6.42 Å². The Bertz CT molecular complexity index is 45.3. The van der Waals surface area contributed by atoms with Crippen molar-refractivity contribution < 1.29 is 37.5 Å². The Morgan fingerprint density at radius 2 is 2.29 bits per heavy atom. The summed E-state index contributed by atoms with van der Waals surface area (Å²) in [5.41, 5.74) is 0. The Morgan fingerprint density at radius 3 is 2.29 bits per heavy atom. The molecule has 1 radical (unpaired) electrons. The maximum Gasteiger partial charge on any atom is 0 e. The van der Waals surface area contributed by atoms with Gasteiger partial charge in [0.25, 0.3) is 0 Å². The van der Waals surface area contributed by atoms with Gasteiger partial charge in [0.1, 0.15) is 0 Å². The van der Waals surface area contributed by atoms with Gasteiger partial charge in [-0.3, -0.25) is 6.29 Å². The summed E-state index contributed by atoms with van der Waals surface area (Å²) in [6.07, 6.45) is 2.46. The molecular weight excluding hydrogens is 165 g/mol. The second kappa shape index (κ2) is 6.77. The molecule has 0 aromatic carbocycles. The van der Waals surface area contributed by atoms with Crippen molar-refractivity contribution in [2.24, 2.45) is 5.92 Å². The SMILES string of the molecule is [CH2-]CC(C)[C-]=O.[Y]. The average Bonchev–Trinajstić information content (AvgIpc) is 1.65. The predicted octanol–water partition coefficient (Wildman–Crippen LogP) is 0.954. The molecule has 0 amide bonds. The molecule has 39 valence electrons. The van der Waals surface area contributed by atoms with Crippen LogP contribution < -0.4 is 0 Å². The van der Waals surface area contributed by atoms with E-state index in [1.165, 1.54) is 0 Å². The Labute approximate surface area is 69.7 Å². The third-order valence-electron chi connectivity index (χ3n) is 0.634. The minimum Gasteiger partial charge on any atom is -0.542 e. The van der Waals surface area contributed by atoms with Gasteiger partial charge in [0, 0.05) is 32.7 Å². The third kappa shape index (κ3) is 6.77. The van der Waals surface area contributed by atoms with Crippen molar-refractivity contribution in [3.8, 4) is 0 Å².